The third-order valence-corrected chi connectivity index (χ3v) is 12.0. The van der Waals surface area contributed by atoms with E-state index in [1.165, 1.54) is 10.4 Å². The number of fused-ring (bicyclic) bond motifs is 2. The molecule has 2 aromatic rings. The summed E-state index contributed by atoms with van der Waals surface area (Å²) in [4.78, 5) is 0. The number of aliphatic hydroxyl groups excluding tert-OH is 1. The van der Waals surface area contributed by atoms with Crippen molar-refractivity contribution >= 4 is 18.7 Å². The quantitative estimate of drug-likeness (QED) is 0.668. The lowest BCUT2D eigenvalue weighted by atomic mass is 10.0. The van der Waals surface area contributed by atoms with Crippen molar-refractivity contribution in [2.24, 2.45) is 5.92 Å². The molecule has 0 spiro atoms. The second-order valence-corrected chi connectivity index (χ2v) is 14.0. The maximum atomic E-state index is 10.7. The van der Waals surface area contributed by atoms with Crippen molar-refractivity contribution in [3.63, 3.8) is 0 Å². The lowest BCUT2D eigenvalue weighted by Crippen LogP contribution is -2.68. The Morgan fingerprint density at radius 1 is 0.968 bits per heavy atom. The van der Waals surface area contributed by atoms with Crippen molar-refractivity contribution in [1.29, 1.82) is 0 Å². The molecule has 2 fully saturated rings. The Balaban J connectivity index is 1.78. The van der Waals surface area contributed by atoms with Gasteiger partial charge in [-0.15, -0.1) is 0 Å². The van der Waals surface area contributed by atoms with Crippen molar-refractivity contribution in [2.75, 3.05) is 20.8 Å². The fourth-order valence-corrected chi connectivity index (χ4v) is 10.3. The molecule has 2 aromatic carbocycles. The van der Waals surface area contributed by atoms with Gasteiger partial charge in [-0.25, -0.2) is 0 Å². The van der Waals surface area contributed by atoms with Crippen LogP contribution in [0.25, 0.3) is 0 Å². The van der Waals surface area contributed by atoms with E-state index < -0.39 is 26.3 Å². The topological polar surface area (TPSA) is 57.2 Å². The third-order valence-electron chi connectivity index (χ3n) is 6.97. The van der Waals surface area contributed by atoms with Crippen molar-refractivity contribution in [3.05, 3.63) is 60.7 Å². The number of rotatable bonds is 7. The molecule has 2 aliphatic rings. The smallest absolute Gasteiger partial charge is 0.261 e. The molecule has 1 saturated carbocycles. The summed E-state index contributed by atoms with van der Waals surface area (Å²) in [7, 11) is 0.572. The minimum Gasteiger partial charge on any atom is -0.404 e. The van der Waals surface area contributed by atoms with Gasteiger partial charge in [0.25, 0.3) is 8.32 Å². The monoisotopic (exact) mass is 442 g/mol. The Labute approximate surface area is 186 Å². The number of benzene rings is 2. The Hall–Kier alpha value is -1.54. The summed E-state index contributed by atoms with van der Waals surface area (Å²) in [6.07, 6.45) is -0.817. The molecule has 5 atom stereocenters. The highest BCUT2D eigenvalue weighted by molar-refractivity contribution is 6.99. The van der Waals surface area contributed by atoms with E-state index in [-0.39, 0.29) is 17.1 Å². The minimum absolute atomic E-state index is 0.134. The van der Waals surface area contributed by atoms with Crippen molar-refractivity contribution < 1.29 is 23.7 Å². The zero-order valence-electron chi connectivity index (χ0n) is 19.1. The highest BCUT2D eigenvalue weighted by atomic mass is 28.4. The molecular formula is C25H34O5Si. The summed E-state index contributed by atoms with van der Waals surface area (Å²) in [6.45, 7) is 7.10. The van der Waals surface area contributed by atoms with Crippen LogP contribution in [0.15, 0.2) is 60.7 Å². The third kappa shape index (κ3) is 3.59. The standard InChI is InChI=1S/C25H34O5Si/c1-24(2,3)31(18-12-8-6-9-13-18,19-14-10-7-11-15-19)29-17-25-16-20(26)21(22(25)27-4)23(28-5)30-25/h6-15,20-23,26H,16-17H2,1-5H3/t20-,21+,22+,23?,25-/m1/s1. The van der Waals surface area contributed by atoms with Crippen LogP contribution in [-0.4, -0.2) is 58.3 Å². The van der Waals surface area contributed by atoms with Gasteiger partial charge in [0, 0.05) is 20.6 Å². The van der Waals surface area contributed by atoms with E-state index in [2.05, 4.69) is 69.3 Å². The van der Waals surface area contributed by atoms with Crippen LogP contribution in [0.1, 0.15) is 27.2 Å². The number of hydrogen-bond acceptors (Lipinski definition) is 5. The Kier molecular flexibility index (Phi) is 6.16. The van der Waals surface area contributed by atoms with Crippen molar-refractivity contribution in [2.45, 2.75) is 56.3 Å². The first-order chi connectivity index (χ1) is 14.8. The molecular weight excluding hydrogens is 408 g/mol. The van der Waals surface area contributed by atoms with Gasteiger partial charge in [0.15, 0.2) is 6.29 Å². The van der Waals surface area contributed by atoms with Crippen molar-refractivity contribution in [1.82, 2.24) is 0 Å². The molecule has 2 bridgehead atoms. The Morgan fingerprint density at radius 2 is 1.52 bits per heavy atom. The Bertz CT molecular complexity index is 829. The predicted molar refractivity (Wildman–Crippen MR) is 123 cm³/mol. The first kappa shape index (κ1) is 22.6. The number of aliphatic hydroxyl groups is 1. The molecule has 31 heavy (non-hydrogen) atoms. The van der Waals surface area contributed by atoms with Gasteiger partial charge in [0.2, 0.25) is 0 Å². The summed E-state index contributed by atoms with van der Waals surface area (Å²) >= 11 is 0. The normalized spacial score (nSPS) is 30.6. The average Bonchev–Trinajstić information content (AvgIpc) is 3.22. The molecule has 0 aromatic heterocycles. The molecule has 5 nitrogen and oxygen atoms in total. The van der Waals surface area contributed by atoms with Crippen LogP contribution >= 0.6 is 0 Å². The SMILES string of the molecule is COC1O[C@@]2(CO[Si](c3ccccc3)(c3ccccc3)C(C)(C)C)C[C@@H](O)[C@H]1[C@@H]2OC. The van der Waals surface area contributed by atoms with Gasteiger partial charge in [-0.1, -0.05) is 81.4 Å². The van der Waals surface area contributed by atoms with Crippen LogP contribution in [0.3, 0.4) is 0 Å². The molecule has 1 unspecified atom stereocenters. The molecule has 0 amide bonds. The van der Waals surface area contributed by atoms with Crippen LogP contribution in [0.2, 0.25) is 5.04 Å². The fourth-order valence-electron chi connectivity index (χ4n) is 5.65. The summed E-state index contributed by atoms with van der Waals surface area (Å²) < 4.78 is 24.8. The maximum absolute atomic E-state index is 10.7. The van der Waals surface area contributed by atoms with Crippen LogP contribution in [-0.2, 0) is 18.6 Å². The van der Waals surface area contributed by atoms with E-state index in [4.69, 9.17) is 18.6 Å². The number of methoxy groups -OCH3 is 2. The highest BCUT2D eigenvalue weighted by Crippen LogP contribution is 2.51. The van der Waals surface area contributed by atoms with Crippen LogP contribution in [0, 0.1) is 5.92 Å². The first-order valence-electron chi connectivity index (χ1n) is 11.0. The molecule has 6 heteroatoms. The van der Waals surface area contributed by atoms with Gasteiger partial charge in [0.1, 0.15) is 5.60 Å². The van der Waals surface area contributed by atoms with Crippen LogP contribution in [0.5, 0.6) is 0 Å². The number of ether oxygens (including phenoxy) is 3. The zero-order valence-corrected chi connectivity index (χ0v) is 20.1. The maximum Gasteiger partial charge on any atom is 0.261 e. The van der Waals surface area contributed by atoms with E-state index in [0.29, 0.717) is 13.0 Å². The molecule has 1 heterocycles. The predicted octanol–water partition coefficient (Wildman–Crippen LogP) is 2.70. The van der Waals surface area contributed by atoms with E-state index in [0.717, 1.165) is 0 Å². The van der Waals surface area contributed by atoms with Gasteiger partial charge in [-0.05, 0) is 15.4 Å². The summed E-state index contributed by atoms with van der Waals surface area (Å²) in [5, 5.41) is 13.0. The molecule has 1 saturated heterocycles. The molecule has 4 rings (SSSR count). The van der Waals surface area contributed by atoms with E-state index in [1.54, 1.807) is 14.2 Å². The second-order valence-electron chi connectivity index (χ2n) is 9.74. The largest absolute Gasteiger partial charge is 0.404 e. The number of hydrogen-bond donors (Lipinski definition) is 1. The fraction of sp³-hybridized carbons (Fsp3) is 0.520. The van der Waals surface area contributed by atoms with Gasteiger partial charge >= 0.3 is 0 Å². The molecule has 0 radical (unpaired) electrons. The molecule has 1 aliphatic carbocycles. The average molecular weight is 443 g/mol. The second kappa shape index (κ2) is 8.43. The molecule has 1 aliphatic heterocycles. The van der Waals surface area contributed by atoms with E-state index >= 15 is 0 Å². The van der Waals surface area contributed by atoms with Crippen LogP contribution in [0.4, 0.5) is 0 Å². The summed E-state index contributed by atoms with van der Waals surface area (Å²) in [6, 6.07) is 21.1. The van der Waals surface area contributed by atoms with Gasteiger partial charge in [-0.3, -0.25) is 0 Å². The van der Waals surface area contributed by atoms with E-state index in [1.807, 2.05) is 12.1 Å². The minimum atomic E-state index is -2.72. The lowest BCUT2D eigenvalue weighted by Gasteiger charge is -2.45. The molecule has 1 N–H and O–H groups in total. The first-order valence-corrected chi connectivity index (χ1v) is 12.9. The summed E-state index contributed by atoms with van der Waals surface area (Å²) in [5.74, 6) is -0.210. The van der Waals surface area contributed by atoms with Crippen molar-refractivity contribution in [3.8, 4) is 0 Å². The van der Waals surface area contributed by atoms with E-state index in [9.17, 15) is 5.11 Å². The van der Waals surface area contributed by atoms with Gasteiger partial charge < -0.3 is 23.7 Å². The Morgan fingerprint density at radius 3 is 1.97 bits per heavy atom. The van der Waals surface area contributed by atoms with Gasteiger partial charge in [-0.2, -0.15) is 0 Å². The molecule has 168 valence electrons. The van der Waals surface area contributed by atoms with Crippen LogP contribution < -0.4 is 10.4 Å². The van der Waals surface area contributed by atoms with Gasteiger partial charge in [0.05, 0.1) is 24.7 Å². The lowest BCUT2D eigenvalue weighted by molar-refractivity contribution is -0.218. The summed E-state index contributed by atoms with van der Waals surface area (Å²) in [5.41, 5.74) is -0.730. The zero-order chi connectivity index (χ0) is 22.3. The highest BCUT2D eigenvalue weighted by Gasteiger charge is 2.66.